The molecule has 0 aliphatic heterocycles. The normalized spacial score (nSPS) is 13.1. The molecular weight excluding hydrogens is 198 g/mol. The van der Waals surface area contributed by atoms with Crippen molar-refractivity contribution in [2.75, 3.05) is 13.1 Å². The molecule has 0 heterocycles. The Hall–Kier alpha value is -0.860. The summed E-state index contributed by atoms with van der Waals surface area (Å²) < 4.78 is 0. The average molecular weight is 221 g/mol. The summed E-state index contributed by atoms with van der Waals surface area (Å²) in [5.74, 6) is 0.617. The van der Waals surface area contributed by atoms with Gasteiger partial charge in [0.1, 0.15) is 0 Å². The van der Waals surface area contributed by atoms with Crippen molar-refractivity contribution in [2.24, 2.45) is 5.92 Å². The van der Waals surface area contributed by atoms with Gasteiger partial charge >= 0.3 is 0 Å². The second kappa shape index (κ2) is 6.02. The highest BCUT2D eigenvalue weighted by Crippen LogP contribution is 2.16. The van der Waals surface area contributed by atoms with Crippen LogP contribution in [-0.4, -0.2) is 18.2 Å². The molecule has 1 aromatic rings. The summed E-state index contributed by atoms with van der Waals surface area (Å²) in [6.45, 7) is 10.0. The molecule has 2 heteroatoms. The summed E-state index contributed by atoms with van der Waals surface area (Å²) in [4.78, 5) is 0. The van der Waals surface area contributed by atoms with E-state index in [9.17, 15) is 5.11 Å². The third-order valence-electron chi connectivity index (χ3n) is 2.52. The number of aliphatic hydroxyl groups is 1. The van der Waals surface area contributed by atoms with Crippen molar-refractivity contribution in [1.29, 1.82) is 0 Å². The Kier molecular flexibility index (Phi) is 4.97. The number of rotatable bonds is 5. The minimum atomic E-state index is -0.405. The van der Waals surface area contributed by atoms with E-state index in [-0.39, 0.29) is 0 Å². The molecule has 0 aliphatic carbocycles. The van der Waals surface area contributed by atoms with Crippen molar-refractivity contribution in [3.63, 3.8) is 0 Å². The Bertz CT molecular complexity index is 313. The van der Waals surface area contributed by atoms with Gasteiger partial charge in [-0.05, 0) is 31.9 Å². The van der Waals surface area contributed by atoms with E-state index in [0.717, 1.165) is 12.1 Å². The quantitative estimate of drug-likeness (QED) is 0.801. The van der Waals surface area contributed by atoms with Crippen molar-refractivity contribution in [1.82, 2.24) is 5.32 Å². The molecule has 0 fully saturated rings. The van der Waals surface area contributed by atoms with Crippen LogP contribution in [0.2, 0.25) is 0 Å². The predicted molar refractivity (Wildman–Crippen MR) is 68.6 cm³/mol. The summed E-state index contributed by atoms with van der Waals surface area (Å²) in [6.07, 6.45) is -0.405. The lowest BCUT2D eigenvalue weighted by Crippen LogP contribution is -2.25. The zero-order valence-corrected chi connectivity index (χ0v) is 10.7. The van der Waals surface area contributed by atoms with Crippen molar-refractivity contribution in [3.8, 4) is 0 Å². The van der Waals surface area contributed by atoms with E-state index in [1.807, 2.05) is 0 Å². The summed E-state index contributed by atoms with van der Waals surface area (Å²) >= 11 is 0. The highest BCUT2D eigenvalue weighted by Gasteiger charge is 2.08. The van der Waals surface area contributed by atoms with Crippen molar-refractivity contribution in [2.45, 2.75) is 33.8 Å². The van der Waals surface area contributed by atoms with E-state index in [0.29, 0.717) is 12.5 Å². The van der Waals surface area contributed by atoms with E-state index in [1.54, 1.807) is 0 Å². The van der Waals surface area contributed by atoms with Gasteiger partial charge in [0.25, 0.3) is 0 Å². The highest BCUT2D eigenvalue weighted by molar-refractivity contribution is 5.30. The molecule has 2 nitrogen and oxygen atoms in total. The van der Waals surface area contributed by atoms with E-state index in [4.69, 9.17) is 0 Å². The molecule has 0 radical (unpaired) electrons. The van der Waals surface area contributed by atoms with Crippen LogP contribution in [0.4, 0.5) is 0 Å². The van der Waals surface area contributed by atoms with Gasteiger partial charge in [-0.3, -0.25) is 0 Å². The molecule has 0 aliphatic rings. The van der Waals surface area contributed by atoms with Gasteiger partial charge in [0.2, 0.25) is 0 Å². The van der Waals surface area contributed by atoms with Crippen molar-refractivity contribution in [3.05, 3.63) is 34.9 Å². The van der Waals surface area contributed by atoms with Crippen molar-refractivity contribution < 1.29 is 5.11 Å². The van der Waals surface area contributed by atoms with E-state index in [1.165, 1.54) is 11.1 Å². The molecule has 0 amide bonds. The Morgan fingerprint density at radius 2 is 1.62 bits per heavy atom. The smallest absolute Gasteiger partial charge is 0.0914 e. The molecule has 0 saturated heterocycles. The first-order chi connectivity index (χ1) is 7.49. The molecule has 1 rings (SSSR count). The summed E-state index contributed by atoms with van der Waals surface area (Å²) in [7, 11) is 0. The fourth-order valence-corrected chi connectivity index (χ4v) is 1.83. The predicted octanol–water partition coefficient (Wildman–Crippen LogP) is 2.58. The average Bonchev–Trinajstić information content (AvgIpc) is 2.15. The molecule has 1 aromatic carbocycles. The number of aliphatic hydroxyl groups excluding tert-OH is 1. The fourth-order valence-electron chi connectivity index (χ4n) is 1.83. The molecule has 90 valence electrons. The third-order valence-corrected chi connectivity index (χ3v) is 2.52. The first-order valence-electron chi connectivity index (χ1n) is 5.96. The molecule has 0 spiro atoms. The maximum atomic E-state index is 10.0. The van der Waals surface area contributed by atoms with E-state index < -0.39 is 6.10 Å². The number of hydrogen-bond donors (Lipinski definition) is 2. The standard InChI is InChI=1S/C14H23NO/c1-10(2)8-15-9-14(16)13-6-11(3)5-12(4)7-13/h5-7,10,14-16H,8-9H2,1-4H3. The second-order valence-electron chi connectivity index (χ2n) is 4.99. The number of hydrogen-bond acceptors (Lipinski definition) is 2. The van der Waals surface area contributed by atoms with E-state index >= 15 is 0 Å². The monoisotopic (exact) mass is 221 g/mol. The molecule has 0 bridgehead atoms. The lowest BCUT2D eigenvalue weighted by Gasteiger charge is -2.14. The van der Waals surface area contributed by atoms with Crippen LogP contribution >= 0.6 is 0 Å². The topological polar surface area (TPSA) is 32.3 Å². The number of benzene rings is 1. The Labute approximate surface area is 98.7 Å². The maximum Gasteiger partial charge on any atom is 0.0914 e. The van der Waals surface area contributed by atoms with Crippen LogP contribution in [0.15, 0.2) is 18.2 Å². The highest BCUT2D eigenvalue weighted by atomic mass is 16.3. The zero-order valence-electron chi connectivity index (χ0n) is 10.7. The molecule has 0 aromatic heterocycles. The minimum Gasteiger partial charge on any atom is -0.387 e. The van der Waals surface area contributed by atoms with Crippen LogP contribution in [0, 0.1) is 19.8 Å². The Morgan fingerprint density at radius 3 is 2.12 bits per heavy atom. The molecule has 1 unspecified atom stereocenters. The van der Waals surface area contributed by atoms with Gasteiger partial charge in [0.05, 0.1) is 6.10 Å². The van der Waals surface area contributed by atoms with Crippen LogP contribution in [0.5, 0.6) is 0 Å². The van der Waals surface area contributed by atoms with Crippen LogP contribution < -0.4 is 5.32 Å². The van der Waals surface area contributed by atoms with Crippen LogP contribution in [0.25, 0.3) is 0 Å². The lowest BCUT2D eigenvalue weighted by atomic mass is 10.0. The summed E-state index contributed by atoms with van der Waals surface area (Å²) in [5, 5.41) is 13.3. The Morgan fingerprint density at radius 1 is 1.06 bits per heavy atom. The third kappa shape index (κ3) is 4.33. The number of aryl methyl sites for hydroxylation is 2. The van der Waals surface area contributed by atoms with Gasteiger partial charge in [-0.15, -0.1) is 0 Å². The first kappa shape index (κ1) is 13.2. The SMILES string of the molecule is Cc1cc(C)cc(C(O)CNCC(C)C)c1. The lowest BCUT2D eigenvalue weighted by molar-refractivity contribution is 0.173. The van der Waals surface area contributed by atoms with Crippen LogP contribution in [0.3, 0.4) is 0 Å². The van der Waals surface area contributed by atoms with Crippen molar-refractivity contribution >= 4 is 0 Å². The largest absolute Gasteiger partial charge is 0.387 e. The van der Waals surface area contributed by atoms with Gasteiger partial charge in [0, 0.05) is 6.54 Å². The first-order valence-corrected chi connectivity index (χ1v) is 5.96. The van der Waals surface area contributed by atoms with Gasteiger partial charge in [-0.1, -0.05) is 43.2 Å². The van der Waals surface area contributed by atoms with E-state index in [2.05, 4.69) is 51.2 Å². The fraction of sp³-hybridized carbons (Fsp3) is 0.571. The Balaban J connectivity index is 2.55. The van der Waals surface area contributed by atoms with Gasteiger partial charge < -0.3 is 10.4 Å². The molecule has 16 heavy (non-hydrogen) atoms. The summed E-state index contributed by atoms with van der Waals surface area (Å²) in [6, 6.07) is 6.22. The second-order valence-corrected chi connectivity index (χ2v) is 4.99. The van der Waals surface area contributed by atoms with Gasteiger partial charge in [-0.25, -0.2) is 0 Å². The molecule has 1 atom stereocenters. The van der Waals surface area contributed by atoms with Gasteiger partial charge in [0.15, 0.2) is 0 Å². The molecular formula is C14H23NO. The minimum absolute atomic E-state index is 0.405. The number of nitrogens with one attached hydrogen (secondary N) is 1. The summed E-state index contributed by atoms with van der Waals surface area (Å²) in [5.41, 5.74) is 3.42. The molecule has 0 saturated carbocycles. The van der Waals surface area contributed by atoms with Gasteiger partial charge in [-0.2, -0.15) is 0 Å². The van der Waals surface area contributed by atoms with Crippen LogP contribution in [0.1, 0.15) is 36.6 Å². The van der Waals surface area contributed by atoms with Crippen LogP contribution in [-0.2, 0) is 0 Å². The maximum absolute atomic E-state index is 10.0. The molecule has 2 N–H and O–H groups in total. The zero-order chi connectivity index (χ0) is 12.1.